The molecule has 0 unspecified atom stereocenters. The SMILES string of the molecule is CC(=O)CCCCn1cc(NC(=O)OCc2cc(C)ccc2C)cn1. The van der Waals surface area contributed by atoms with Crippen molar-refractivity contribution in [3.8, 4) is 0 Å². The van der Waals surface area contributed by atoms with E-state index in [4.69, 9.17) is 4.74 Å². The Morgan fingerprint density at radius 1 is 1.24 bits per heavy atom. The Kier molecular flexibility index (Phi) is 6.74. The number of nitrogens with one attached hydrogen (secondary N) is 1. The van der Waals surface area contributed by atoms with Crippen molar-refractivity contribution in [3.05, 3.63) is 47.3 Å². The molecule has 1 amide bonds. The summed E-state index contributed by atoms with van der Waals surface area (Å²) in [5, 5.41) is 6.87. The molecule has 1 N–H and O–H groups in total. The molecule has 0 aliphatic heterocycles. The van der Waals surface area contributed by atoms with Crippen molar-refractivity contribution in [2.75, 3.05) is 5.32 Å². The van der Waals surface area contributed by atoms with Crippen LogP contribution in [0.25, 0.3) is 0 Å². The second-order valence-corrected chi connectivity index (χ2v) is 6.28. The van der Waals surface area contributed by atoms with Gasteiger partial charge in [0.1, 0.15) is 12.4 Å². The molecule has 0 radical (unpaired) electrons. The summed E-state index contributed by atoms with van der Waals surface area (Å²) < 4.78 is 7.03. The van der Waals surface area contributed by atoms with E-state index in [1.165, 1.54) is 0 Å². The second-order valence-electron chi connectivity index (χ2n) is 6.28. The van der Waals surface area contributed by atoms with E-state index in [0.717, 1.165) is 29.5 Å². The summed E-state index contributed by atoms with van der Waals surface area (Å²) in [4.78, 5) is 22.8. The maximum absolute atomic E-state index is 11.9. The summed E-state index contributed by atoms with van der Waals surface area (Å²) in [6.45, 7) is 6.55. The molecule has 0 aliphatic carbocycles. The van der Waals surface area contributed by atoms with E-state index in [1.807, 2.05) is 32.0 Å². The van der Waals surface area contributed by atoms with Crippen LogP contribution in [-0.4, -0.2) is 21.7 Å². The second kappa shape index (κ2) is 9.01. The van der Waals surface area contributed by atoms with Gasteiger partial charge in [0.05, 0.1) is 11.9 Å². The highest BCUT2D eigenvalue weighted by Gasteiger charge is 2.07. The quantitative estimate of drug-likeness (QED) is 0.735. The topological polar surface area (TPSA) is 73.2 Å². The number of unbranched alkanes of at least 4 members (excludes halogenated alkanes) is 1. The highest BCUT2D eigenvalue weighted by Crippen LogP contribution is 2.13. The van der Waals surface area contributed by atoms with Crippen molar-refractivity contribution >= 4 is 17.6 Å². The Balaban J connectivity index is 1.77. The van der Waals surface area contributed by atoms with Crippen LogP contribution in [0.2, 0.25) is 0 Å². The molecule has 0 fully saturated rings. The molecule has 6 nitrogen and oxygen atoms in total. The largest absolute Gasteiger partial charge is 0.444 e. The van der Waals surface area contributed by atoms with Crippen molar-refractivity contribution in [2.45, 2.75) is 53.2 Å². The van der Waals surface area contributed by atoms with Crippen LogP contribution in [0.15, 0.2) is 30.6 Å². The van der Waals surface area contributed by atoms with Gasteiger partial charge in [-0.1, -0.05) is 23.8 Å². The number of anilines is 1. The van der Waals surface area contributed by atoms with Gasteiger partial charge < -0.3 is 9.53 Å². The number of Topliss-reactive ketones (excluding diaryl/α,β-unsaturated/α-hetero) is 1. The van der Waals surface area contributed by atoms with E-state index < -0.39 is 6.09 Å². The first-order chi connectivity index (χ1) is 11.9. The molecule has 0 spiro atoms. The molecule has 0 saturated carbocycles. The number of hydrogen-bond donors (Lipinski definition) is 1. The van der Waals surface area contributed by atoms with Gasteiger partial charge in [-0.3, -0.25) is 10.00 Å². The van der Waals surface area contributed by atoms with Gasteiger partial charge in [0.15, 0.2) is 0 Å². The minimum atomic E-state index is -0.503. The van der Waals surface area contributed by atoms with Crippen molar-refractivity contribution in [1.29, 1.82) is 0 Å². The third kappa shape index (κ3) is 6.41. The zero-order valence-corrected chi connectivity index (χ0v) is 15.0. The number of aryl methyl sites for hydroxylation is 3. The zero-order chi connectivity index (χ0) is 18.2. The van der Waals surface area contributed by atoms with Crippen LogP contribution in [0.3, 0.4) is 0 Å². The highest BCUT2D eigenvalue weighted by atomic mass is 16.5. The molecule has 2 aromatic rings. The normalized spacial score (nSPS) is 10.5. The monoisotopic (exact) mass is 343 g/mol. The van der Waals surface area contributed by atoms with Crippen LogP contribution in [0.4, 0.5) is 10.5 Å². The van der Waals surface area contributed by atoms with Gasteiger partial charge in [0.25, 0.3) is 0 Å². The number of ketones is 1. The summed E-state index contributed by atoms with van der Waals surface area (Å²) in [5.74, 6) is 0.203. The molecule has 25 heavy (non-hydrogen) atoms. The summed E-state index contributed by atoms with van der Waals surface area (Å²) in [7, 11) is 0. The van der Waals surface area contributed by atoms with Crippen LogP contribution in [0.1, 0.15) is 42.9 Å². The summed E-state index contributed by atoms with van der Waals surface area (Å²) in [6.07, 6.45) is 5.15. The highest BCUT2D eigenvalue weighted by molar-refractivity contribution is 5.84. The lowest BCUT2D eigenvalue weighted by Crippen LogP contribution is -2.13. The zero-order valence-electron chi connectivity index (χ0n) is 15.0. The number of aromatic nitrogens is 2. The lowest BCUT2D eigenvalue weighted by atomic mass is 10.1. The fourth-order valence-corrected chi connectivity index (χ4v) is 2.45. The predicted molar refractivity (Wildman–Crippen MR) is 96.5 cm³/mol. The van der Waals surface area contributed by atoms with Crippen molar-refractivity contribution in [2.24, 2.45) is 0 Å². The Morgan fingerprint density at radius 3 is 2.80 bits per heavy atom. The van der Waals surface area contributed by atoms with Gasteiger partial charge in [-0.2, -0.15) is 5.10 Å². The third-order valence-electron chi connectivity index (χ3n) is 3.91. The Labute approximate surface area is 148 Å². The van der Waals surface area contributed by atoms with E-state index in [-0.39, 0.29) is 12.4 Å². The fourth-order valence-electron chi connectivity index (χ4n) is 2.45. The first-order valence-electron chi connectivity index (χ1n) is 8.46. The maximum atomic E-state index is 11.9. The van der Waals surface area contributed by atoms with Gasteiger partial charge in [-0.25, -0.2) is 4.79 Å². The van der Waals surface area contributed by atoms with Crippen molar-refractivity contribution in [1.82, 2.24) is 9.78 Å². The lowest BCUT2D eigenvalue weighted by Gasteiger charge is -2.08. The molecule has 1 aromatic heterocycles. The molecule has 0 bridgehead atoms. The van der Waals surface area contributed by atoms with Crippen molar-refractivity contribution < 1.29 is 14.3 Å². The Bertz CT molecular complexity index is 737. The number of hydrogen-bond acceptors (Lipinski definition) is 4. The number of nitrogens with zero attached hydrogens (tertiary/aromatic N) is 2. The van der Waals surface area contributed by atoms with Gasteiger partial charge in [0.2, 0.25) is 0 Å². The van der Waals surface area contributed by atoms with Gasteiger partial charge in [-0.05, 0) is 44.7 Å². The molecule has 6 heteroatoms. The minimum Gasteiger partial charge on any atom is -0.444 e. The fraction of sp³-hybridized carbons (Fsp3) is 0.421. The number of benzene rings is 1. The molecular formula is C19H25N3O3. The summed E-state index contributed by atoms with van der Waals surface area (Å²) >= 11 is 0. The first-order valence-corrected chi connectivity index (χ1v) is 8.46. The van der Waals surface area contributed by atoms with E-state index >= 15 is 0 Å². The Morgan fingerprint density at radius 2 is 2.04 bits per heavy atom. The van der Waals surface area contributed by atoms with Crippen LogP contribution in [0, 0.1) is 13.8 Å². The van der Waals surface area contributed by atoms with Crippen molar-refractivity contribution in [3.63, 3.8) is 0 Å². The number of carbonyl (C=O) groups is 2. The average molecular weight is 343 g/mol. The molecule has 0 saturated heterocycles. The van der Waals surface area contributed by atoms with Gasteiger partial charge >= 0.3 is 6.09 Å². The van der Waals surface area contributed by atoms with E-state index in [2.05, 4.69) is 10.4 Å². The number of amides is 1. The average Bonchev–Trinajstić information content (AvgIpc) is 2.99. The van der Waals surface area contributed by atoms with Gasteiger partial charge in [0, 0.05) is 19.2 Å². The molecule has 0 aliphatic rings. The van der Waals surface area contributed by atoms with Crippen LogP contribution in [-0.2, 0) is 22.7 Å². The van der Waals surface area contributed by atoms with E-state index in [0.29, 0.717) is 18.7 Å². The molecule has 0 atom stereocenters. The molecule has 134 valence electrons. The molecular weight excluding hydrogens is 318 g/mol. The van der Waals surface area contributed by atoms with Gasteiger partial charge in [-0.15, -0.1) is 0 Å². The minimum absolute atomic E-state index is 0.203. The molecule has 1 heterocycles. The van der Waals surface area contributed by atoms with Crippen LogP contribution in [0.5, 0.6) is 0 Å². The van der Waals surface area contributed by atoms with E-state index in [1.54, 1.807) is 24.0 Å². The molecule has 1 aromatic carbocycles. The molecule has 2 rings (SSSR count). The number of rotatable bonds is 8. The predicted octanol–water partition coefficient (Wildman–Crippen LogP) is 4.01. The Hall–Kier alpha value is -2.63. The first kappa shape index (κ1) is 18.7. The standard InChI is InChI=1S/C19H25N3O3/c1-14-7-8-15(2)17(10-14)13-25-19(24)21-18-11-20-22(12-18)9-5-4-6-16(3)23/h7-8,10-12H,4-6,9,13H2,1-3H3,(H,21,24). The van der Waals surface area contributed by atoms with Crippen LogP contribution >= 0.6 is 0 Å². The smallest absolute Gasteiger partial charge is 0.412 e. The number of ether oxygens (including phenoxy) is 1. The lowest BCUT2D eigenvalue weighted by molar-refractivity contribution is -0.117. The number of carbonyl (C=O) groups excluding carboxylic acids is 2. The maximum Gasteiger partial charge on any atom is 0.412 e. The summed E-state index contributed by atoms with van der Waals surface area (Å²) in [5.41, 5.74) is 3.82. The van der Waals surface area contributed by atoms with E-state index in [9.17, 15) is 9.59 Å². The summed E-state index contributed by atoms with van der Waals surface area (Å²) in [6, 6.07) is 6.06. The van der Waals surface area contributed by atoms with Crippen LogP contribution < -0.4 is 5.32 Å². The third-order valence-corrected chi connectivity index (χ3v) is 3.91.